The second-order valence-corrected chi connectivity index (χ2v) is 3.04. The van der Waals surface area contributed by atoms with Gasteiger partial charge in [-0.15, -0.1) is 0 Å². The van der Waals surface area contributed by atoms with Gasteiger partial charge in [0.25, 0.3) is 0 Å². The normalized spacial score (nSPS) is 9.00. The minimum Gasteiger partial charge on any atom is -0.359 e. The molecule has 0 spiro atoms. The number of hydrogen-bond acceptors (Lipinski definition) is 3. The molecule has 5 nitrogen and oxygen atoms in total. The van der Waals surface area contributed by atoms with Crippen LogP contribution < -0.4 is 16.0 Å². The molecule has 0 radical (unpaired) electrons. The predicted molar refractivity (Wildman–Crippen MR) is 55.6 cm³/mol. The van der Waals surface area contributed by atoms with Crippen LogP contribution in [0.25, 0.3) is 0 Å². The fourth-order valence-corrected chi connectivity index (χ4v) is 1.29. The Balaban J connectivity index is 2.38. The Morgan fingerprint density at radius 1 is 1.38 bits per heavy atom. The third-order valence-corrected chi connectivity index (χ3v) is 1.97. The lowest BCUT2D eigenvalue weighted by atomic mass is 10.5. The first-order valence-corrected chi connectivity index (χ1v) is 4.57. The van der Waals surface area contributed by atoms with Crippen LogP contribution in [-0.4, -0.2) is 19.0 Å². The van der Waals surface area contributed by atoms with E-state index in [9.17, 15) is 0 Å². The van der Waals surface area contributed by atoms with E-state index in [1.807, 2.05) is 16.8 Å². The van der Waals surface area contributed by atoms with E-state index in [1.165, 1.54) is 0 Å². The van der Waals surface area contributed by atoms with E-state index in [1.54, 1.807) is 18.4 Å². The van der Waals surface area contributed by atoms with E-state index < -0.39 is 0 Å². The summed E-state index contributed by atoms with van der Waals surface area (Å²) in [5.74, 6) is 0.172. The molecule has 70 valence electrons. The molecule has 1 aromatic heterocycles. The summed E-state index contributed by atoms with van der Waals surface area (Å²) in [6, 6.07) is 1.86. The third kappa shape index (κ3) is 3.12. The monoisotopic (exact) mass is 197 g/mol. The van der Waals surface area contributed by atoms with Crippen molar-refractivity contribution in [2.24, 2.45) is 0 Å². The Morgan fingerprint density at radius 2 is 2.15 bits per heavy atom. The van der Waals surface area contributed by atoms with Crippen LogP contribution in [0.5, 0.6) is 0 Å². The van der Waals surface area contributed by atoms with E-state index in [0.717, 1.165) is 5.69 Å². The van der Waals surface area contributed by atoms with Gasteiger partial charge in [0.15, 0.2) is 11.9 Å². The molecule has 0 aliphatic rings. The van der Waals surface area contributed by atoms with Crippen molar-refractivity contribution in [3.8, 4) is 0 Å². The lowest BCUT2D eigenvalue weighted by molar-refractivity contribution is 1.05. The van der Waals surface area contributed by atoms with Gasteiger partial charge in [0.2, 0.25) is 0 Å². The van der Waals surface area contributed by atoms with Gasteiger partial charge in [-0.3, -0.25) is 16.1 Å². The zero-order valence-corrected chi connectivity index (χ0v) is 7.96. The summed E-state index contributed by atoms with van der Waals surface area (Å²) in [6.45, 7) is 0. The summed E-state index contributed by atoms with van der Waals surface area (Å²) in [6.07, 6.45) is 0. The Kier molecular flexibility index (Phi) is 3.27. The molecule has 6 heteroatoms. The maximum atomic E-state index is 7.40. The van der Waals surface area contributed by atoms with Crippen LogP contribution in [0.15, 0.2) is 16.8 Å². The van der Waals surface area contributed by atoms with Gasteiger partial charge in [-0.25, -0.2) is 0 Å². The largest absolute Gasteiger partial charge is 0.359 e. The van der Waals surface area contributed by atoms with Crippen molar-refractivity contribution in [1.82, 2.24) is 10.6 Å². The fraction of sp³-hybridized carbons (Fsp3) is 0.143. The topological polar surface area (TPSA) is 83.8 Å². The molecular weight excluding hydrogens is 186 g/mol. The SMILES string of the molecule is CNC(=N)NC(=N)Nc1ccsc1. The summed E-state index contributed by atoms with van der Waals surface area (Å²) < 4.78 is 0. The van der Waals surface area contributed by atoms with Crippen molar-refractivity contribution < 1.29 is 0 Å². The first kappa shape index (κ1) is 9.53. The number of nitrogens with one attached hydrogen (secondary N) is 5. The van der Waals surface area contributed by atoms with Crippen LogP contribution >= 0.6 is 11.3 Å². The van der Waals surface area contributed by atoms with E-state index >= 15 is 0 Å². The highest BCUT2D eigenvalue weighted by Gasteiger charge is 1.98. The number of anilines is 1. The summed E-state index contributed by atoms with van der Waals surface area (Å²) in [5, 5.41) is 26.3. The molecule has 1 heterocycles. The second kappa shape index (κ2) is 4.46. The third-order valence-electron chi connectivity index (χ3n) is 1.29. The van der Waals surface area contributed by atoms with Gasteiger partial charge in [-0.05, 0) is 11.4 Å². The van der Waals surface area contributed by atoms with Crippen LogP contribution in [0.3, 0.4) is 0 Å². The molecule has 0 fully saturated rings. The molecule has 0 unspecified atom stereocenters. The van der Waals surface area contributed by atoms with Crippen molar-refractivity contribution in [3.05, 3.63) is 16.8 Å². The zero-order chi connectivity index (χ0) is 9.68. The summed E-state index contributed by atoms with van der Waals surface area (Å²) in [7, 11) is 1.62. The van der Waals surface area contributed by atoms with Crippen molar-refractivity contribution in [2.45, 2.75) is 0 Å². The molecule has 0 bridgehead atoms. The predicted octanol–water partition coefficient (Wildman–Crippen LogP) is 0.839. The fourth-order valence-electron chi connectivity index (χ4n) is 0.699. The van der Waals surface area contributed by atoms with Gasteiger partial charge in [0, 0.05) is 12.4 Å². The highest BCUT2D eigenvalue weighted by molar-refractivity contribution is 7.08. The average Bonchev–Trinajstić information content (AvgIpc) is 2.56. The molecule has 0 amide bonds. The van der Waals surface area contributed by atoms with Gasteiger partial charge >= 0.3 is 0 Å². The minimum absolute atomic E-state index is 0.0813. The van der Waals surface area contributed by atoms with Crippen LogP contribution in [0, 0.1) is 10.8 Å². The van der Waals surface area contributed by atoms with Gasteiger partial charge < -0.3 is 10.6 Å². The first-order valence-electron chi connectivity index (χ1n) is 3.63. The molecular formula is C7H11N5S. The second-order valence-electron chi connectivity index (χ2n) is 2.26. The van der Waals surface area contributed by atoms with Gasteiger partial charge in [0.05, 0.1) is 5.69 Å². The van der Waals surface area contributed by atoms with E-state index in [0.29, 0.717) is 0 Å². The van der Waals surface area contributed by atoms with Crippen molar-refractivity contribution in [3.63, 3.8) is 0 Å². The van der Waals surface area contributed by atoms with Crippen LogP contribution in [-0.2, 0) is 0 Å². The lowest BCUT2D eigenvalue weighted by Gasteiger charge is -2.08. The molecule has 5 N–H and O–H groups in total. The van der Waals surface area contributed by atoms with Gasteiger partial charge in [-0.2, -0.15) is 11.3 Å². The molecule has 0 aromatic carbocycles. The molecule has 1 rings (SSSR count). The Bertz CT molecular complexity index is 292. The Labute approximate surface area is 80.2 Å². The smallest absolute Gasteiger partial charge is 0.199 e. The lowest BCUT2D eigenvalue weighted by Crippen LogP contribution is -2.41. The number of hydrogen-bond donors (Lipinski definition) is 5. The first-order chi connectivity index (χ1) is 6.22. The summed E-state index contributed by atoms with van der Waals surface area (Å²) in [4.78, 5) is 0. The number of rotatable bonds is 1. The quantitative estimate of drug-likeness (QED) is 0.342. The van der Waals surface area contributed by atoms with Crippen molar-refractivity contribution in [1.29, 1.82) is 10.8 Å². The molecule has 1 aromatic rings. The van der Waals surface area contributed by atoms with Crippen LogP contribution in [0.1, 0.15) is 0 Å². The maximum Gasteiger partial charge on any atom is 0.199 e. The Hall–Kier alpha value is -1.56. The summed E-state index contributed by atoms with van der Waals surface area (Å²) >= 11 is 1.55. The van der Waals surface area contributed by atoms with Gasteiger partial charge in [-0.1, -0.05) is 0 Å². The van der Waals surface area contributed by atoms with E-state index in [-0.39, 0.29) is 11.9 Å². The minimum atomic E-state index is 0.0813. The van der Waals surface area contributed by atoms with E-state index in [2.05, 4.69) is 16.0 Å². The standard InChI is InChI=1S/C7H11N5S/c1-10-6(8)12-7(9)11-5-2-3-13-4-5/h2-4H,1H3,(H5,8,9,10,11,12). The van der Waals surface area contributed by atoms with E-state index in [4.69, 9.17) is 10.8 Å². The molecule has 0 aliphatic carbocycles. The van der Waals surface area contributed by atoms with Crippen LogP contribution in [0.4, 0.5) is 5.69 Å². The molecule has 13 heavy (non-hydrogen) atoms. The average molecular weight is 197 g/mol. The van der Waals surface area contributed by atoms with Crippen LogP contribution in [0.2, 0.25) is 0 Å². The zero-order valence-electron chi connectivity index (χ0n) is 7.14. The number of thiophene rings is 1. The highest BCUT2D eigenvalue weighted by atomic mass is 32.1. The Morgan fingerprint density at radius 3 is 2.69 bits per heavy atom. The highest BCUT2D eigenvalue weighted by Crippen LogP contribution is 2.10. The molecule has 0 saturated heterocycles. The van der Waals surface area contributed by atoms with Gasteiger partial charge in [0.1, 0.15) is 0 Å². The molecule has 0 aliphatic heterocycles. The molecule has 0 atom stereocenters. The summed E-state index contributed by atoms with van der Waals surface area (Å²) in [5.41, 5.74) is 0.853. The van der Waals surface area contributed by atoms with Crippen molar-refractivity contribution in [2.75, 3.05) is 12.4 Å². The van der Waals surface area contributed by atoms with Crippen molar-refractivity contribution >= 4 is 28.9 Å². The maximum absolute atomic E-state index is 7.40. The molecule has 0 saturated carbocycles. The number of guanidine groups is 2.